The Morgan fingerprint density at radius 3 is 2.81 bits per heavy atom. The maximum atomic E-state index is 13.8. The lowest BCUT2D eigenvalue weighted by Crippen LogP contribution is -2.07. The molecule has 2 heterocycles. The summed E-state index contributed by atoms with van der Waals surface area (Å²) < 4.78 is 26.2. The highest BCUT2D eigenvalue weighted by Crippen LogP contribution is 2.24. The van der Waals surface area contributed by atoms with E-state index >= 15 is 0 Å². The van der Waals surface area contributed by atoms with Crippen LogP contribution in [0.25, 0.3) is 22.2 Å². The first-order valence-electron chi connectivity index (χ1n) is 8.51. The van der Waals surface area contributed by atoms with Crippen LogP contribution in [0, 0.1) is 5.82 Å². The Morgan fingerprint density at radius 1 is 1.19 bits per heavy atom. The fourth-order valence-corrected chi connectivity index (χ4v) is 3.10. The second kappa shape index (κ2) is 7.07. The third-order valence-electron chi connectivity index (χ3n) is 4.39. The van der Waals surface area contributed by atoms with Crippen molar-refractivity contribution in [3.8, 4) is 11.3 Å². The number of aromatic nitrogens is 2. The zero-order valence-corrected chi connectivity index (χ0v) is 14.7. The van der Waals surface area contributed by atoms with E-state index in [4.69, 9.17) is 9.26 Å². The number of benzene rings is 2. The van der Waals surface area contributed by atoms with Crippen LogP contribution < -0.4 is 0 Å². The number of rotatable bonds is 5. The van der Waals surface area contributed by atoms with E-state index in [1.54, 1.807) is 24.3 Å². The molecule has 0 unspecified atom stereocenters. The molecule has 0 aliphatic heterocycles. The highest BCUT2D eigenvalue weighted by Gasteiger charge is 2.14. The van der Waals surface area contributed by atoms with Gasteiger partial charge in [0.2, 0.25) is 0 Å². The fraction of sp³-hybridized carbons (Fsp3) is 0.143. The van der Waals surface area contributed by atoms with Gasteiger partial charge in [-0.15, -0.1) is 0 Å². The summed E-state index contributed by atoms with van der Waals surface area (Å²) in [5, 5.41) is 4.87. The minimum atomic E-state index is -0.395. The molecular formula is C21H17FN2O3. The Hall–Kier alpha value is -3.41. The van der Waals surface area contributed by atoms with Crippen LogP contribution in [0.5, 0.6) is 0 Å². The smallest absolute Gasteiger partial charge is 0.310 e. The molecule has 27 heavy (non-hydrogen) atoms. The summed E-state index contributed by atoms with van der Waals surface area (Å²) in [7, 11) is 1.94. The molecule has 0 spiro atoms. The van der Waals surface area contributed by atoms with E-state index in [1.807, 2.05) is 42.1 Å². The largest absolute Gasteiger partial charge is 0.459 e. The number of hydrogen-bond donors (Lipinski definition) is 0. The maximum Gasteiger partial charge on any atom is 0.310 e. The van der Waals surface area contributed by atoms with Crippen molar-refractivity contribution >= 4 is 16.9 Å². The van der Waals surface area contributed by atoms with Crippen molar-refractivity contribution in [2.45, 2.75) is 13.0 Å². The van der Waals surface area contributed by atoms with E-state index in [1.165, 1.54) is 6.07 Å². The van der Waals surface area contributed by atoms with Crippen LogP contribution in [0.4, 0.5) is 4.39 Å². The van der Waals surface area contributed by atoms with Crippen LogP contribution in [0.2, 0.25) is 0 Å². The summed E-state index contributed by atoms with van der Waals surface area (Å²) in [4.78, 5) is 12.2. The van der Waals surface area contributed by atoms with Crippen molar-refractivity contribution < 1.29 is 18.4 Å². The number of carbonyl (C=O) groups is 1. The molecule has 0 bridgehead atoms. The minimum absolute atomic E-state index is 0.0262. The van der Waals surface area contributed by atoms with Gasteiger partial charge in [0.05, 0.1) is 12.0 Å². The maximum absolute atomic E-state index is 13.8. The fourth-order valence-electron chi connectivity index (χ4n) is 3.10. The number of halogens is 1. The number of para-hydroxylation sites is 1. The molecule has 0 fully saturated rings. The van der Waals surface area contributed by atoms with Crippen LogP contribution in [0.3, 0.4) is 0 Å². The van der Waals surface area contributed by atoms with Crippen molar-refractivity contribution in [2.24, 2.45) is 7.05 Å². The van der Waals surface area contributed by atoms with E-state index in [9.17, 15) is 9.18 Å². The van der Waals surface area contributed by atoms with Gasteiger partial charge in [0, 0.05) is 30.2 Å². The topological polar surface area (TPSA) is 57.3 Å². The molecule has 0 aliphatic carbocycles. The number of hydrogen-bond acceptors (Lipinski definition) is 4. The van der Waals surface area contributed by atoms with E-state index in [0.29, 0.717) is 17.0 Å². The van der Waals surface area contributed by atoms with Crippen LogP contribution in [-0.4, -0.2) is 15.7 Å². The third kappa shape index (κ3) is 3.46. The van der Waals surface area contributed by atoms with Gasteiger partial charge in [-0.05, 0) is 23.8 Å². The summed E-state index contributed by atoms with van der Waals surface area (Å²) in [6, 6.07) is 15.7. The van der Waals surface area contributed by atoms with Crippen molar-refractivity contribution in [3.05, 3.63) is 77.9 Å². The molecule has 0 aliphatic rings. The summed E-state index contributed by atoms with van der Waals surface area (Å²) >= 11 is 0. The highest BCUT2D eigenvalue weighted by atomic mass is 19.1. The number of esters is 1. The molecule has 0 atom stereocenters. The molecule has 0 radical (unpaired) electrons. The number of aryl methyl sites for hydroxylation is 1. The molecule has 0 N–H and O–H groups in total. The number of ether oxygens (including phenoxy) is 1. The lowest BCUT2D eigenvalue weighted by molar-refractivity contribution is -0.144. The van der Waals surface area contributed by atoms with Crippen LogP contribution in [0.1, 0.15) is 11.3 Å². The monoisotopic (exact) mass is 364 g/mol. The van der Waals surface area contributed by atoms with Gasteiger partial charge in [0.15, 0.2) is 5.76 Å². The van der Waals surface area contributed by atoms with Crippen molar-refractivity contribution in [3.63, 3.8) is 0 Å². The van der Waals surface area contributed by atoms with Crippen LogP contribution in [0.15, 0.2) is 65.3 Å². The first-order valence-corrected chi connectivity index (χ1v) is 8.51. The molecule has 136 valence electrons. The zero-order chi connectivity index (χ0) is 18.8. The average molecular weight is 364 g/mol. The molecular weight excluding hydrogens is 347 g/mol. The predicted octanol–water partition coefficient (Wildman–Crippen LogP) is 4.26. The van der Waals surface area contributed by atoms with Gasteiger partial charge in [-0.25, -0.2) is 4.39 Å². The number of fused-ring (bicyclic) bond motifs is 1. The molecule has 0 amide bonds. The Balaban J connectivity index is 1.42. The van der Waals surface area contributed by atoms with Gasteiger partial charge in [0.25, 0.3) is 0 Å². The van der Waals surface area contributed by atoms with Crippen molar-refractivity contribution in [1.82, 2.24) is 9.72 Å². The third-order valence-corrected chi connectivity index (χ3v) is 4.39. The van der Waals surface area contributed by atoms with Gasteiger partial charge in [0.1, 0.15) is 18.1 Å². The van der Waals surface area contributed by atoms with Crippen LogP contribution >= 0.6 is 0 Å². The molecule has 5 nitrogen and oxygen atoms in total. The van der Waals surface area contributed by atoms with Gasteiger partial charge in [-0.1, -0.05) is 35.5 Å². The molecule has 2 aromatic carbocycles. The van der Waals surface area contributed by atoms with E-state index in [0.717, 1.165) is 16.5 Å². The number of carbonyl (C=O) groups excluding carboxylic acids is 1. The van der Waals surface area contributed by atoms with Crippen molar-refractivity contribution in [2.75, 3.05) is 0 Å². The summed E-state index contributed by atoms with van der Waals surface area (Å²) in [5.41, 5.74) is 2.72. The Kier molecular flexibility index (Phi) is 4.46. The summed E-state index contributed by atoms with van der Waals surface area (Å²) in [6.45, 7) is -0.0262. The standard InChI is InChI=1S/C21H17FN2O3/c1-24-12-14(16-6-3-5-9-19(16)24)10-21(25)26-13-15-11-20(27-23-15)17-7-2-4-8-18(17)22/h2-9,11-12H,10,13H2,1H3. The lowest BCUT2D eigenvalue weighted by Gasteiger charge is -2.01. The van der Waals surface area contributed by atoms with Gasteiger partial charge in [-0.2, -0.15) is 0 Å². The normalized spacial score (nSPS) is 11.0. The van der Waals surface area contributed by atoms with Gasteiger partial charge < -0.3 is 13.8 Å². The first kappa shape index (κ1) is 17.0. The molecule has 4 aromatic rings. The van der Waals surface area contributed by atoms with Gasteiger partial charge >= 0.3 is 5.97 Å². The van der Waals surface area contributed by atoms with E-state index in [2.05, 4.69) is 5.16 Å². The molecule has 0 saturated carbocycles. The second-order valence-corrected chi connectivity index (χ2v) is 6.28. The second-order valence-electron chi connectivity index (χ2n) is 6.28. The molecule has 6 heteroatoms. The molecule has 0 saturated heterocycles. The van der Waals surface area contributed by atoms with Crippen molar-refractivity contribution in [1.29, 1.82) is 0 Å². The SMILES string of the molecule is Cn1cc(CC(=O)OCc2cc(-c3ccccc3F)on2)c2ccccc21. The summed E-state index contributed by atoms with van der Waals surface area (Å²) in [5.74, 6) is -0.455. The van der Waals surface area contributed by atoms with E-state index in [-0.39, 0.29) is 19.0 Å². The predicted molar refractivity (Wildman–Crippen MR) is 98.3 cm³/mol. The number of nitrogens with zero attached hydrogens (tertiary/aromatic N) is 2. The minimum Gasteiger partial charge on any atom is -0.459 e. The van der Waals surface area contributed by atoms with E-state index < -0.39 is 5.82 Å². The zero-order valence-electron chi connectivity index (χ0n) is 14.7. The average Bonchev–Trinajstić information content (AvgIpc) is 3.26. The Morgan fingerprint density at radius 2 is 1.96 bits per heavy atom. The van der Waals surface area contributed by atoms with Gasteiger partial charge in [-0.3, -0.25) is 4.79 Å². The molecule has 4 rings (SSSR count). The molecule has 2 aromatic heterocycles. The van der Waals surface area contributed by atoms with Crippen LogP contribution in [-0.2, 0) is 29.6 Å². The highest BCUT2D eigenvalue weighted by molar-refractivity contribution is 5.87. The summed E-state index contributed by atoms with van der Waals surface area (Å²) in [6.07, 6.45) is 2.09. The Bertz CT molecular complexity index is 1110. The Labute approximate surface area is 155 Å². The lowest BCUT2D eigenvalue weighted by atomic mass is 10.1. The quantitative estimate of drug-likeness (QED) is 0.497. The first-order chi connectivity index (χ1) is 13.1.